The molecule has 1 amide bonds. The first-order chi connectivity index (χ1) is 7.88. The fourth-order valence-electron chi connectivity index (χ4n) is 1.27. The minimum Gasteiger partial charge on any atom is -0.385 e. The Labute approximate surface area is 94.5 Å². The van der Waals surface area contributed by atoms with Gasteiger partial charge in [-0.3, -0.25) is 4.79 Å². The van der Waals surface area contributed by atoms with E-state index in [2.05, 4.69) is 10.3 Å². The molecule has 0 aliphatic heterocycles. The number of amides is 1. The summed E-state index contributed by atoms with van der Waals surface area (Å²) in [5.41, 5.74) is 2.71. The molecule has 1 heterocycles. The molecule has 1 aromatic heterocycles. The maximum Gasteiger partial charge on any atom is 0.435 e. The van der Waals surface area contributed by atoms with Crippen LogP contribution in [-0.2, 0) is 17.5 Å². The zero-order valence-electron chi connectivity index (χ0n) is 8.99. The molecule has 2 N–H and O–H groups in total. The van der Waals surface area contributed by atoms with Crippen LogP contribution in [0.15, 0.2) is 0 Å². The van der Waals surface area contributed by atoms with E-state index in [1.807, 2.05) is 0 Å². The van der Waals surface area contributed by atoms with Crippen LogP contribution < -0.4 is 5.73 Å². The molecule has 17 heavy (non-hydrogen) atoms. The van der Waals surface area contributed by atoms with Crippen molar-refractivity contribution in [2.45, 2.75) is 19.1 Å². The van der Waals surface area contributed by atoms with E-state index >= 15 is 0 Å². The molecule has 0 aliphatic rings. The lowest BCUT2D eigenvalue weighted by molar-refractivity contribution is -0.144. The number of rotatable bonds is 5. The van der Waals surface area contributed by atoms with Gasteiger partial charge in [0.15, 0.2) is 11.4 Å². The molecular weight excluding hydrogens is 241 g/mol. The number of primary amides is 1. The minimum atomic E-state index is -4.72. The molecular formula is C8H11F3N4O2. The van der Waals surface area contributed by atoms with Crippen LogP contribution in [0.1, 0.15) is 22.6 Å². The van der Waals surface area contributed by atoms with Crippen LogP contribution in [0.2, 0.25) is 0 Å². The summed E-state index contributed by atoms with van der Waals surface area (Å²) < 4.78 is 43.3. The van der Waals surface area contributed by atoms with Crippen molar-refractivity contribution in [1.82, 2.24) is 15.0 Å². The summed E-state index contributed by atoms with van der Waals surface area (Å²) in [6.45, 7) is 0.228. The Bertz CT molecular complexity index is 402. The van der Waals surface area contributed by atoms with Crippen LogP contribution in [0, 0.1) is 0 Å². The largest absolute Gasteiger partial charge is 0.435 e. The van der Waals surface area contributed by atoms with Gasteiger partial charge in [0.2, 0.25) is 0 Å². The summed E-state index contributed by atoms with van der Waals surface area (Å²) in [5.74, 6) is -1.25. The number of carbonyl (C=O) groups excluding carboxylic acids is 1. The number of aryl methyl sites for hydroxylation is 1. The number of ether oxygens (including phenoxy) is 1. The molecule has 0 unspecified atom stereocenters. The smallest absolute Gasteiger partial charge is 0.385 e. The number of nitrogens with two attached hydrogens (primary N) is 1. The van der Waals surface area contributed by atoms with Crippen molar-refractivity contribution in [3.8, 4) is 0 Å². The van der Waals surface area contributed by atoms with E-state index in [9.17, 15) is 18.0 Å². The maximum absolute atomic E-state index is 12.7. The third-order valence-electron chi connectivity index (χ3n) is 1.96. The van der Waals surface area contributed by atoms with Crippen LogP contribution in [0.25, 0.3) is 0 Å². The van der Waals surface area contributed by atoms with Gasteiger partial charge in [0.05, 0.1) is 0 Å². The van der Waals surface area contributed by atoms with Crippen molar-refractivity contribution >= 4 is 5.91 Å². The molecule has 0 saturated carbocycles. The molecule has 6 nitrogen and oxygen atoms in total. The minimum absolute atomic E-state index is 0.0526. The molecule has 1 aromatic rings. The van der Waals surface area contributed by atoms with E-state index in [-0.39, 0.29) is 13.2 Å². The number of hydrogen-bond donors (Lipinski definition) is 1. The zero-order chi connectivity index (χ0) is 13.1. The highest BCUT2D eigenvalue weighted by Crippen LogP contribution is 2.30. The van der Waals surface area contributed by atoms with Crippen molar-refractivity contribution in [2.24, 2.45) is 5.73 Å². The SMILES string of the molecule is COCCCn1nnc(C(N)=O)c1C(F)(F)F. The van der Waals surface area contributed by atoms with Crippen molar-refractivity contribution in [2.75, 3.05) is 13.7 Å². The van der Waals surface area contributed by atoms with Crippen molar-refractivity contribution in [3.05, 3.63) is 11.4 Å². The number of hydrogen-bond acceptors (Lipinski definition) is 4. The average molecular weight is 252 g/mol. The second-order valence-electron chi connectivity index (χ2n) is 3.22. The Morgan fingerprint density at radius 2 is 2.18 bits per heavy atom. The quantitative estimate of drug-likeness (QED) is 0.770. The Morgan fingerprint density at radius 3 is 2.65 bits per heavy atom. The predicted molar refractivity (Wildman–Crippen MR) is 50.0 cm³/mol. The summed E-state index contributed by atoms with van der Waals surface area (Å²) in [6, 6.07) is 0. The van der Waals surface area contributed by atoms with E-state index in [1.165, 1.54) is 7.11 Å². The number of carbonyl (C=O) groups is 1. The summed E-state index contributed by atoms with van der Waals surface area (Å²) in [4.78, 5) is 10.8. The molecule has 1 rings (SSSR count). The van der Waals surface area contributed by atoms with Gasteiger partial charge in [0.1, 0.15) is 0 Å². The lowest BCUT2D eigenvalue weighted by Crippen LogP contribution is -2.22. The first kappa shape index (κ1) is 13.4. The van der Waals surface area contributed by atoms with Gasteiger partial charge in [-0.15, -0.1) is 5.10 Å². The first-order valence-corrected chi connectivity index (χ1v) is 4.67. The normalized spacial score (nSPS) is 11.8. The number of alkyl halides is 3. The predicted octanol–water partition coefficient (Wildman–Crippen LogP) is 0.432. The monoisotopic (exact) mass is 252 g/mol. The molecule has 0 spiro atoms. The van der Waals surface area contributed by atoms with E-state index in [0.717, 1.165) is 0 Å². The second kappa shape index (κ2) is 5.13. The highest BCUT2D eigenvalue weighted by atomic mass is 19.4. The van der Waals surface area contributed by atoms with Crippen LogP contribution in [-0.4, -0.2) is 34.6 Å². The molecule has 0 aliphatic carbocycles. The Balaban J connectivity index is 3.01. The van der Waals surface area contributed by atoms with Crippen LogP contribution in [0.3, 0.4) is 0 Å². The lowest BCUT2D eigenvalue weighted by Gasteiger charge is -2.09. The van der Waals surface area contributed by atoms with E-state index < -0.39 is 23.5 Å². The van der Waals surface area contributed by atoms with E-state index in [0.29, 0.717) is 11.1 Å². The van der Waals surface area contributed by atoms with Gasteiger partial charge in [0.25, 0.3) is 5.91 Å². The second-order valence-corrected chi connectivity index (χ2v) is 3.22. The van der Waals surface area contributed by atoms with Crippen LogP contribution in [0.4, 0.5) is 13.2 Å². The molecule has 0 fully saturated rings. The third-order valence-corrected chi connectivity index (χ3v) is 1.96. The van der Waals surface area contributed by atoms with E-state index in [4.69, 9.17) is 10.5 Å². The highest BCUT2D eigenvalue weighted by molar-refractivity contribution is 5.91. The molecule has 0 bridgehead atoms. The van der Waals surface area contributed by atoms with Crippen LogP contribution >= 0.6 is 0 Å². The fraction of sp³-hybridized carbons (Fsp3) is 0.625. The molecule has 96 valence electrons. The topological polar surface area (TPSA) is 83.0 Å². The molecule has 9 heteroatoms. The standard InChI is InChI=1S/C8H11F3N4O2/c1-17-4-2-3-15-6(8(9,10)11)5(7(12)16)13-14-15/h2-4H2,1H3,(H2,12,16). The molecule has 0 saturated heterocycles. The molecule has 0 aromatic carbocycles. The maximum atomic E-state index is 12.7. The van der Waals surface area contributed by atoms with Crippen LogP contribution in [0.5, 0.6) is 0 Å². The van der Waals surface area contributed by atoms with Gasteiger partial charge >= 0.3 is 6.18 Å². The number of aromatic nitrogens is 3. The summed E-state index contributed by atoms with van der Waals surface area (Å²) in [7, 11) is 1.43. The van der Waals surface area contributed by atoms with Gasteiger partial charge in [-0.2, -0.15) is 13.2 Å². The van der Waals surface area contributed by atoms with Gasteiger partial charge in [-0.25, -0.2) is 4.68 Å². The van der Waals surface area contributed by atoms with E-state index in [1.54, 1.807) is 0 Å². The van der Waals surface area contributed by atoms with Crippen molar-refractivity contribution < 1.29 is 22.7 Å². The zero-order valence-corrected chi connectivity index (χ0v) is 8.99. The Hall–Kier alpha value is -1.64. The van der Waals surface area contributed by atoms with Gasteiger partial charge in [0, 0.05) is 20.3 Å². The van der Waals surface area contributed by atoms with Gasteiger partial charge in [-0.05, 0) is 6.42 Å². The Morgan fingerprint density at radius 1 is 1.53 bits per heavy atom. The van der Waals surface area contributed by atoms with Gasteiger partial charge < -0.3 is 10.5 Å². The average Bonchev–Trinajstić information content (AvgIpc) is 2.61. The number of halogens is 3. The fourth-order valence-corrected chi connectivity index (χ4v) is 1.27. The summed E-state index contributed by atoms with van der Waals surface area (Å²) in [5, 5.41) is 6.40. The third kappa shape index (κ3) is 3.16. The summed E-state index contributed by atoms with van der Waals surface area (Å²) in [6.07, 6.45) is -4.40. The highest BCUT2D eigenvalue weighted by Gasteiger charge is 2.40. The molecule has 0 radical (unpaired) electrons. The number of nitrogens with zero attached hydrogens (tertiary/aromatic N) is 3. The van der Waals surface area contributed by atoms with Crippen molar-refractivity contribution in [1.29, 1.82) is 0 Å². The Kier molecular flexibility index (Phi) is 4.05. The first-order valence-electron chi connectivity index (χ1n) is 4.67. The van der Waals surface area contributed by atoms with Gasteiger partial charge in [-0.1, -0.05) is 5.21 Å². The lowest BCUT2D eigenvalue weighted by atomic mass is 10.3. The van der Waals surface area contributed by atoms with Crippen molar-refractivity contribution in [3.63, 3.8) is 0 Å². The molecule has 0 atom stereocenters. The number of methoxy groups -OCH3 is 1. The summed E-state index contributed by atoms with van der Waals surface area (Å²) >= 11 is 0.